The molecule has 0 radical (unpaired) electrons. The van der Waals surface area contributed by atoms with Gasteiger partial charge in [-0.15, -0.1) is 0 Å². The normalized spacial score (nSPS) is 26.4. The molecule has 0 amide bonds. The van der Waals surface area contributed by atoms with Crippen LogP contribution in [0.25, 0.3) is 0 Å². The summed E-state index contributed by atoms with van der Waals surface area (Å²) in [5.41, 5.74) is 6.56. The predicted molar refractivity (Wildman–Crippen MR) is 77.2 cm³/mol. The average molecular weight is 264 g/mol. The molecule has 3 unspecified atom stereocenters. The Morgan fingerprint density at radius 3 is 2.79 bits per heavy atom. The Labute approximate surface area is 115 Å². The molecule has 19 heavy (non-hydrogen) atoms. The molecule has 3 atom stereocenters. The first-order valence-electron chi connectivity index (χ1n) is 7.17. The van der Waals surface area contributed by atoms with Crippen molar-refractivity contribution in [2.45, 2.75) is 46.1 Å². The largest absolute Gasteiger partial charge is 0.476 e. The number of aromatic nitrogens is 2. The summed E-state index contributed by atoms with van der Waals surface area (Å²) in [6.07, 6.45) is 5.19. The van der Waals surface area contributed by atoms with Crippen LogP contribution in [0, 0.1) is 11.8 Å². The van der Waals surface area contributed by atoms with E-state index in [-0.39, 0.29) is 0 Å². The number of rotatable bonds is 5. The summed E-state index contributed by atoms with van der Waals surface area (Å²) < 4.78 is 5.39. The molecule has 3 N–H and O–H groups in total. The number of nitrogen functional groups attached to an aromatic ring is 1. The molecule has 2 rings (SSSR count). The monoisotopic (exact) mass is 264 g/mol. The summed E-state index contributed by atoms with van der Waals surface area (Å²) in [4.78, 5) is 8.30. The van der Waals surface area contributed by atoms with Gasteiger partial charge < -0.3 is 15.8 Å². The third kappa shape index (κ3) is 2.91. The van der Waals surface area contributed by atoms with Crippen molar-refractivity contribution in [3.8, 4) is 5.88 Å². The van der Waals surface area contributed by atoms with Crippen LogP contribution >= 0.6 is 0 Å². The van der Waals surface area contributed by atoms with Gasteiger partial charge in [0.25, 0.3) is 0 Å². The molecule has 0 aliphatic heterocycles. The van der Waals surface area contributed by atoms with E-state index in [4.69, 9.17) is 10.5 Å². The molecule has 1 heterocycles. The lowest BCUT2D eigenvalue weighted by Crippen LogP contribution is -2.25. The van der Waals surface area contributed by atoms with Gasteiger partial charge in [-0.1, -0.05) is 20.3 Å². The van der Waals surface area contributed by atoms with E-state index < -0.39 is 0 Å². The van der Waals surface area contributed by atoms with Gasteiger partial charge in [-0.25, -0.2) is 4.98 Å². The van der Waals surface area contributed by atoms with Gasteiger partial charge >= 0.3 is 0 Å². The molecule has 5 heteroatoms. The Hall–Kier alpha value is -1.52. The van der Waals surface area contributed by atoms with Crippen LogP contribution in [0.2, 0.25) is 0 Å². The standard InChI is InChI=1S/C14H24N4O/c1-4-10-6-7-11(9(10)3)18-13-12(15)14(19-5-2)17-8-16-13/h8-11H,4-7,15H2,1-3H3,(H,16,17,18). The molecule has 0 aromatic carbocycles. The number of ether oxygens (including phenoxy) is 1. The average Bonchev–Trinajstić information content (AvgIpc) is 2.75. The molecule has 0 saturated heterocycles. The van der Waals surface area contributed by atoms with Gasteiger partial charge in [0.2, 0.25) is 5.88 Å². The minimum absolute atomic E-state index is 0.441. The smallest absolute Gasteiger partial charge is 0.242 e. The zero-order valence-electron chi connectivity index (χ0n) is 12.0. The van der Waals surface area contributed by atoms with E-state index >= 15 is 0 Å². The fourth-order valence-electron chi connectivity index (χ4n) is 2.95. The Morgan fingerprint density at radius 2 is 2.16 bits per heavy atom. The zero-order valence-corrected chi connectivity index (χ0v) is 12.0. The van der Waals surface area contributed by atoms with Gasteiger partial charge in [0.1, 0.15) is 12.0 Å². The highest BCUT2D eigenvalue weighted by Crippen LogP contribution is 2.36. The molecule has 1 aliphatic rings. The van der Waals surface area contributed by atoms with Gasteiger partial charge in [-0.2, -0.15) is 4.98 Å². The van der Waals surface area contributed by atoms with Gasteiger partial charge in [-0.05, 0) is 31.6 Å². The van der Waals surface area contributed by atoms with Crippen LogP contribution in [-0.4, -0.2) is 22.6 Å². The SMILES string of the molecule is CCOc1ncnc(NC2CCC(CC)C2C)c1N. The second-order valence-electron chi connectivity index (χ2n) is 5.23. The number of anilines is 2. The lowest BCUT2D eigenvalue weighted by atomic mass is 9.93. The Bertz CT molecular complexity index is 424. The number of nitrogens with two attached hydrogens (primary N) is 1. The first kappa shape index (κ1) is 13.9. The number of nitrogens with zero attached hydrogens (tertiary/aromatic N) is 2. The van der Waals surface area contributed by atoms with Gasteiger partial charge in [0.05, 0.1) is 6.61 Å². The van der Waals surface area contributed by atoms with Crippen molar-refractivity contribution in [3.05, 3.63) is 6.33 Å². The minimum Gasteiger partial charge on any atom is -0.476 e. The second kappa shape index (κ2) is 6.08. The summed E-state index contributed by atoms with van der Waals surface area (Å²) in [5.74, 6) is 2.62. The highest BCUT2D eigenvalue weighted by Gasteiger charge is 2.32. The molecule has 5 nitrogen and oxygen atoms in total. The maximum absolute atomic E-state index is 6.05. The van der Waals surface area contributed by atoms with Gasteiger partial charge in [0, 0.05) is 6.04 Å². The van der Waals surface area contributed by atoms with Crippen LogP contribution in [0.5, 0.6) is 5.88 Å². The highest BCUT2D eigenvalue weighted by molar-refractivity contribution is 5.66. The maximum Gasteiger partial charge on any atom is 0.242 e. The predicted octanol–water partition coefficient (Wildman–Crippen LogP) is 2.69. The quantitative estimate of drug-likeness (QED) is 0.855. The Balaban J connectivity index is 2.09. The van der Waals surface area contributed by atoms with Crippen LogP contribution in [0.4, 0.5) is 11.5 Å². The molecule has 1 aromatic heterocycles. The van der Waals surface area contributed by atoms with Crippen molar-refractivity contribution in [1.29, 1.82) is 0 Å². The summed E-state index contributed by atoms with van der Waals surface area (Å²) >= 11 is 0. The molecule has 1 aliphatic carbocycles. The van der Waals surface area contributed by atoms with Crippen molar-refractivity contribution >= 4 is 11.5 Å². The number of hydrogen-bond acceptors (Lipinski definition) is 5. The van der Waals surface area contributed by atoms with E-state index in [1.54, 1.807) is 0 Å². The van der Waals surface area contributed by atoms with Gasteiger partial charge in [-0.3, -0.25) is 0 Å². The van der Waals surface area contributed by atoms with Crippen LogP contribution in [0.3, 0.4) is 0 Å². The topological polar surface area (TPSA) is 73.1 Å². The van der Waals surface area contributed by atoms with Crippen LogP contribution < -0.4 is 15.8 Å². The summed E-state index contributed by atoms with van der Waals surface area (Å²) in [5, 5.41) is 3.47. The number of hydrogen-bond donors (Lipinski definition) is 2. The lowest BCUT2D eigenvalue weighted by Gasteiger charge is -2.22. The first-order chi connectivity index (χ1) is 9.17. The molecule has 0 spiro atoms. The van der Waals surface area contributed by atoms with Crippen LogP contribution in [0.15, 0.2) is 6.33 Å². The molecule has 1 aromatic rings. The van der Waals surface area contributed by atoms with Crippen LogP contribution in [0.1, 0.15) is 40.0 Å². The van der Waals surface area contributed by atoms with E-state index in [2.05, 4.69) is 29.1 Å². The molecule has 1 fully saturated rings. The summed E-state index contributed by atoms with van der Waals surface area (Å²) in [6.45, 7) is 7.04. The minimum atomic E-state index is 0.441. The number of nitrogens with one attached hydrogen (secondary N) is 1. The molecule has 106 valence electrons. The molecule has 1 saturated carbocycles. The highest BCUT2D eigenvalue weighted by atomic mass is 16.5. The van der Waals surface area contributed by atoms with Crippen molar-refractivity contribution in [1.82, 2.24) is 9.97 Å². The third-order valence-electron chi connectivity index (χ3n) is 4.20. The van der Waals surface area contributed by atoms with E-state index in [1.165, 1.54) is 25.6 Å². The lowest BCUT2D eigenvalue weighted by molar-refractivity contribution is 0.328. The molecule has 0 bridgehead atoms. The second-order valence-corrected chi connectivity index (χ2v) is 5.23. The molecular formula is C14H24N4O. The van der Waals surface area contributed by atoms with Crippen molar-refractivity contribution in [2.75, 3.05) is 17.7 Å². The summed E-state index contributed by atoms with van der Waals surface area (Å²) in [7, 11) is 0. The van der Waals surface area contributed by atoms with E-state index in [0.29, 0.717) is 36.0 Å². The fraction of sp³-hybridized carbons (Fsp3) is 0.714. The van der Waals surface area contributed by atoms with Crippen molar-refractivity contribution < 1.29 is 4.74 Å². The third-order valence-corrected chi connectivity index (χ3v) is 4.20. The Morgan fingerprint density at radius 1 is 1.37 bits per heavy atom. The fourth-order valence-corrected chi connectivity index (χ4v) is 2.95. The zero-order chi connectivity index (χ0) is 13.8. The Kier molecular flexibility index (Phi) is 4.45. The van der Waals surface area contributed by atoms with Crippen molar-refractivity contribution in [3.63, 3.8) is 0 Å². The van der Waals surface area contributed by atoms with E-state index in [1.807, 2.05) is 6.92 Å². The van der Waals surface area contributed by atoms with Crippen LogP contribution in [-0.2, 0) is 0 Å². The first-order valence-corrected chi connectivity index (χ1v) is 7.17. The van der Waals surface area contributed by atoms with Crippen molar-refractivity contribution in [2.24, 2.45) is 11.8 Å². The molecular weight excluding hydrogens is 240 g/mol. The maximum atomic E-state index is 6.05. The van der Waals surface area contributed by atoms with E-state index in [0.717, 1.165) is 5.92 Å². The summed E-state index contributed by atoms with van der Waals surface area (Å²) in [6, 6.07) is 0.441. The van der Waals surface area contributed by atoms with E-state index in [9.17, 15) is 0 Å². The van der Waals surface area contributed by atoms with Gasteiger partial charge in [0.15, 0.2) is 5.82 Å².